The Kier molecular flexibility index (Phi) is 3.91. The third-order valence-electron chi connectivity index (χ3n) is 2.07. The molecule has 0 aliphatic carbocycles. The lowest BCUT2D eigenvalue weighted by Gasteiger charge is -2.09. The van der Waals surface area contributed by atoms with Gasteiger partial charge >= 0.3 is 0 Å². The molecule has 0 bridgehead atoms. The van der Waals surface area contributed by atoms with Crippen molar-refractivity contribution in [2.45, 2.75) is 11.5 Å². The van der Waals surface area contributed by atoms with E-state index in [2.05, 4.69) is 9.97 Å². The molecule has 0 aliphatic rings. The summed E-state index contributed by atoms with van der Waals surface area (Å²) >= 11 is -0.947. The normalized spacial score (nSPS) is 10.6. The van der Waals surface area contributed by atoms with E-state index in [0.29, 0.717) is 11.5 Å². The van der Waals surface area contributed by atoms with Crippen LogP contribution in [0.4, 0.5) is 0 Å². The summed E-state index contributed by atoms with van der Waals surface area (Å²) in [6, 6.07) is 11.3. The molecule has 0 N–H and O–H groups in total. The fraction of sp³-hybridized carbons (Fsp3) is 0.167. The van der Waals surface area contributed by atoms with Crippen molar-refractivity contribution in [3.8, 4) is 0 Å². The first kappa shape index (κ1) is 11.1. The summed E-state index contributed by atoms with van der Waals surface area (Å²) in [5.74, 6) is 0.967. The molecule has 4 heteroatoms. The minimum atomic E-state index is -0.947. The largest absolute Gasteiger partial charge is 0.616 e. The minimum Gasteiger partial charge on any atom is -0.616 e. The zero-order chi connectivity index (χ0) is 11.2. The summed E-state index contributed by atoms with van der Waals surface area (Å²) in [4.78, 5) is 8.29. The molecule has 2 rings (SSSR count). The van der Waals surface area contributed by atoms with E-state index in [1.54, 1.807) is 12.4 Å². The summed E-state index contributed by atoms with van der Waals surface area (Å²) in [7, 11) is 0. The fourth-order valence-electron chi connectivity index (χ4n) is 1.35. The Morgan fingerprint density at radius 3 is 1.75 bits per heavy atom. The van der Waals surface area contributed by atoms with Crippen molar-refractivity contribution in [3.63, 3.8) is 0 Å². The molecule has 0 saturated carbocycles. The predicted octanol–water partition coefficient (Wildman–Crippen LogP) is 1.93. The lowest BCUT2D eigenvalue weighted by molar-refractivity contribution is 0.592. The van der Waals surface area contributed by atoms with Crippen molar-refractivity contribution < 1.29 is 4.55 Å². The van der Waals surface area contributed by atoms with Crippen LogP contribution in [0.3, 0.4) is 0 Å². The van der Waals surface area contributed by atoms with Gasteiger partial charge in [-0.15, -0.1) is 0 Å². The van der Waals surface area contributed by atoms with E-state index < -0.39 is 11.2 Å². The molecule has 2 heterocycles. The van der Waals surface area contributed by atoms with Crippen molar-refractivity contribution in [2.24, 2.45) is 0 Å². The molecular formula is C12H12N2OS. The van der Waals surface area contributed by atoms with Gasteiger partial charge in [-0.1, -0.05) is 12.1 Å². The van der Waals surface area contributed by atoms with Crippen LogP contribution in [0.2, 0.25) is 0 Å². The Labute approximate surface area is 97.8 Å². The molecule has 0 amide bonds. The average molecular weight is 232 g/mol. The van der Waals surface area contributed by atoms with Crippen molar-refractivity contribution >= 4 is 11.2 Å². The summed E-state index contributed by atoms with van der Waals surface area (Å²) in [5, 5.41) is 0. The number of hydrogen-bond acceptors (Lipinski definition) is 3. The second kappa shape index (κ2) is 5.63. The van der Waals surface area contributed by atoms with Crippen LogP contribution >= 0.6 is 0 Å². The molecule has 2 aromatic heterocycles. The number of hydrogen-bond donors (Lipinski definition) is 0. The maximum Gasteiger partial charge on any atom is 0.147 e. The first-order chi connectivity index (χ1) is 7.84. The molecule has 0 aliphatic heterocycles. The summed E-state index contributed by atoms with van der Waals surface area (Å²) < 4.78 is 11.8. The maximum absolute atomic E-state index is 11.8. The molecule has 0 atom stereocenters. The smallest absolute Gasteiger partial charge is 0.147 e. The first-order valence-corrected chi connectivity index (χ1v) is 6.48. The van der Waals surface area contributed by atoms with E-state index in [1.165, 1.54) is 0 Å². The highest BCUT2D eigenvalue weighted by Gasteiger charge is 2.09. The van der Waals surface area contributed by atoms with Crippen LogP contribution in [0.5, 0.6) is 0 Å². The van der Waals surface area contributed by atoms with Crippen LogP contribution in [0, 0.1) is 0 Å². The number of aromatic nitrogens is 2. The molecule has 0 radical (unpaired) electrons. The molecule has 3 nitrogen and oxygen atoms in total. The Bertz CT molecular complexity index is 380. The van der Waals surface area contributed by atoms with E-state index in [9.17, 15) is 4.55 Å². The first-order valence-electron chi connectivity index (χ1n) is 4.99. The monoisotopic (exact) mass is 232 g/mol. The zero-order valence-corrected chi connectivity index (χ0v) is 9.56. The second-order valence-corrected chi connectivity index (χ2v) is 4.83. The van der Waals surface area contributed by atoms with Crippen LogP contribution in [0.25, 0.3) is 0 Å². The molecule has 82 valence electrons. The zero-order valence-electron chi connectivity index (χ0n) is 8.74. The van der Waals surface area contributed by atoms with Crippen molar-refractivity contribution in [1.82, 2.24) is 9.97 Å². The Hall–Kier alpha value is -1.39. The Morgan fingerprint density at radius 1 is 0.875 bits per heavy atom. The van der Waals surface area contributed by atoms with Crippen LogP contribution in [-0.2, 0) is 22.7 Å². The van der Waals surface area contributed by atoms with Crippen molar-refractivity contribution in [3.05, 3.63) is 60.2 Å². The molecule has 0 unspecified atom stereocenters. The highest BCUT2D eigenvalue weighted by Crippen LogP contribution is 2.08. The van der Waals surface area contributed by atoms with Crippen LogP contribution in [0.1, 0.15) is 11.4 Å². The van der Waals surface area contributed by atoms with Gasteiger partial charge in [0.2, 0.25) is 0 Å². The van der Waals surface area contributed by atoms with E-state index in [4.69, 9.17) is 0 Å². The van der Waals surface area contributed by atoms with Gasteiger partial charge in [-0.25, -0.2) is 0 Å². The lowest BCUT2D eigenvalue weighted by atomic mass is 10.4. The highest BCUT2D eigenvalue weighted by molar-refractivity contribution is 7.89. The topological polar surface area (TPSA) is 48.8 Å². The molecule has 2 aromatic rings. The molecule has 0 aromatic carbocycles. The molecule has 16 heavy (non-hydrogen) atoms. The minimum absolute atomic E-state index is 0.484. The van der Waals surface area contributed by atoms with Crippen molar-refractivity contribution in [2.75, 3.05) is 0 Å². The van der Waals surface area contributed by atoms with Gasteiger partial charge in [0.1, 0.15) is 11.5 Å². The maximum atomic E-state index is 11.8. The van der Waals surface area contributed by atoms with Gasteiger partial charge in [-0.2, -0.15) is 0 Å². The van der Waals surface area contributed by atoms with Gasteiger partial charge in [-0.3, -0.25) is 9.97 Å². The molecule has 0 saturated heterocycles. The molecule has 0 fully saturated rings. The van der Waals surface area contributed by atoms with Gasteiger partial charge in [-0.05, 0) is 35.4 Å². The second-order valence-electron chi connectivity index (χ2n) is 3.37. The predicted molar refractivity (Wildman–Crippen MR) is 64.0 cm³/mol. The summed E-state index contributed by atoms with van der Waals surface area (Å²) in [6.07, 6.45) is 3.43. The summed E-state index contributed by atoms with van der Waals surface area (Å²) in [6.45, 7) is 0. The van der Waals surface area contributed by atoms with E-state index >= 15 is 0 Å². The van der Waals surface area contributed by atoms with Gasteiger partial charge in [0.25, 0.3) is 0 Å². The number of pyridine rings is 2. The molecule has 0 spiro atoms. The third kappa shape index (κ3) is 3.32. The Balaban J connectivity index is 1.92. The lowest BCUT2D eigenvalue weighted by Crippen LogP contribution is -2.09. The van der Waals surface area contributed by atoms with Crippen LogP contribution in [-0.4, -0.2) is 14.5 Å². The van der Waals surface area contributed by atoms with Crippen LogP contribution in [0.15, 0.2) is 48.8 Å². The quantitative estimate of drug-likeness (QED) is 0.757. The summed E-state index contributed by atoms with van der Waals surface area (Å²) in [5.41, 5.74) is 1.72. The van der Waals surface area contributed by atoms with E-state index in [0.717, 1.165) is 11.4 Å². The van der Waals surface area contributed by atoms with Gasteiger partial charge in [0.05, 0.1) is 11.4 Å². The molecular weight excluding hydrogens is 220 g/mol. The fourth-order valence-corrected chi connectivity index (χ4v) is 2.45. The van der Waals surface area contributed by atoms with Crippen LogP contribution < -0.4 is 0 Å². The van der Waals surface area contributed by atoms with E-state index in [-0.39, 0.29) is 0 Å². The van der Waals surface area contributed by atoms with Gasteiger partial charge < -0.3 is 4.55 Å². The highest BCUT2D eigenvalue weighted by atomic mass is 32.2. The number of nitrogens with zero attached hydrogens (tertiary/aromatic N) is 2. The van der Waals surface area contributed by atoms with E-state index in [1.807, 2.05) is 36.4 Å². The Morgan fingerprint density at radius 2 is 1.38 bits per heavy atom. The SMILES string of the molecule is [O-][S+](Cc1ccccn1)Cc1ccccn1. The van der Waals surface area contributed by atoms with Crippen molar-refractivity contribution in [1.29, 1.82) is 0 Å². The van der Waals surface area contributed by atoms with Gasteiger partial charge in [0.15, 0.2) is 0 Å². The standard InChI is InChI=1S/C12H12N2OS/c15-16(9-11-5-1-3-7-13-11)10-12-6-2-4-8-14-12/h1-8H,9-10H2. The third-order valence-corrected chi connectivity index (χ3v) is 3.31. The average Bonchev–Trinajstić information content (AvgIpc) is 2.31. The number of rotatable bonds is 4. The van der Waals surface area contributed by atoms with Gasteiger partial charge in [0, 0.05) is 12.4 Å².